The van der Waals surface area contributed by atoms with Crippen LogP contribution >= 0.6 is 0 Å². The molecule has 230 valence electrons. The standard InChI is InChI=1S/C34H39FN6O3/c1-5-26-27(18-24(35)19-30(26)41-13-12-40-29-9-7-6-8-22(29)17-31(40)34(41)43)23-16-28(33(42)39(4)21-23)37-32-11-10-25(20-36-32)44-15-14-38(2)3/h10-11,16-21H,5-9,12-15H2,1-4H3,(H,36,37). The summed E-state index contributed by atoms with van der Waals surface area (Å²) in [6, 6.07) is 10.3. The molecule has 1 aliphatic carbocycles. The van der Waals surface area contributed by atoms with Crippen molar-refractivity contribution in [2.75, 3.05) is 44.0 Å². The van der Waals surface area contributed by atoms with Crippen LogP contribution in [0.1, 0.15) is 47.1 Å². The van der Waals surface area contributed by atoms with Gasteiger partial charge in [0.2, 0.25) is 0 Å². The lowest BCUT2D eigenvalue weighted by Gasteiger charge is -2.32. The number of likely N-dealkylation sites (N-methyl/N-ethyl adjacent to an activating group) is 1. The first-order chi connectivity index (χ1) is 21.2. The average Bonchev–Trinajstić information content (AvgIpc) is 3.39. The number of nitrogens with one attached hydrogen (secondary N) is 1. The molecule has 6 rings (SSSR count). The summed E-state index contributed by atoms with van der Waals surface area (Å²) in [5.74, 6) is 0.591. The maximum atomic E-state index is 15.3. The van der Waals surface area contributed by atoms with Gasteiger partial charge in [-0.15, -0.1) is 0 Å². The maximum absolute atomic E-state index is 15.3. The molecule has 4 heterocycles. The van der Waals surface area contributed by atoms with Gasteiger partial charge in [-0.05, 0) is 99.3 Å². The molecule has 9 nitrogen and oxygen atoms in total. The molecule has 0 atom stereocenters. The molecule has 1 amide bonds. The van der Waals surface area contributed by atoms with E-state index in [1.807, 2.05) is 32.0 Å². The van der Waals surface area contributed by atoms with E-state index in [0.717, 1.165) is 37.8 Å². The van der Waals surface area contributed by atoms with Crippen LogP contribution in [0.5, 0.6) is 5.75 Å². The molecule has 0 bridgehead atoms. The fraction of sp³-hybridized carbons (Fsp3) is 0.382. The minimum atomic E-state index is -0.435. The molecule has 0 spiro atoms. The Morgan fingerprint density at radius 2 is 1.89 bits per heavy atom. The fourth-order valence-electron chi connectivity index (χ4n) is 6.33. The summed E-state index contributed by atoms with van der Waals surface area (Å²) in [6.45, 7) is 4.49. The highest BCUT2D eigenvalue weighted by Crippen LogP contribution is 2.37. The van der Waals surface area contributed by atoms with Crippen molar-refractivity contribution in [2.45, 2.75) is 45.6 Å². The van der Waals surface area contributed by atoms with Crippen LogP contribution < -0.4 is 20.5 Å². The number of rotatable bonds is 9. The lowest BCUT2D eigenvalue weighted by Crippen LogP contribution is -2.41. The van der Waals surface area contributed by atoms with Crippen molar-refractivity contribution in [2.24, 2.45) is 7.05 Å². The van der Waals surface area contributed by atoms with Gasteiger partial charge in [0.05, 0.1) is 11.9 Å². The van der Waals surface area contributed by atoms with E-state index < -0.39 is 5.82 Å². The molecule has 1 aliphatic heterocycles. The number of hydrogen-bond acceptors (Lipinski definition) is 6. The Morgan fingerprint density at radius 1 is 1.07 bits per heavy atom. The normalized spacial score (nSPS) is 14.5. The summed E-state index contributed by atoms with van der Waals surface area (Å²) < 4.78 is 24.7. The second-order valence-electron chi connectivity index (χ2n) is 11.8. The molecule has 2 aliphatic rings. The number of fused-ring (bicyclic) bond motifs is 3. The van der Waals surface area contributed by atoms with Gasteiger partial charge in [-0.25, -0.2) is 9.37 Å². The molecular formula is C34H39FN6O3. The van der Waals surface area contributed by atoms with E-state index in [-0.39, 0.29) is 11.5 Å². The number of aryl methyl sites for hydroxylation is 2. The van der Waals surface area contributed by atoms with Crippen molar-refractivity contribution in [1.29, 1.82) is 0 Å². The van der Waals surface area contributed by atoms with Gasteiger partial charge < -0.3 is 29.0 Å². The van der Waals surface area contributed by atoms with Crippen molar-refractivity contribution >= 4 is 23.1 Å². The average molecular weight is 599 g/mol. The van der Waals surface area contributed by atoms with Crippen molar-refractivity contribution in [3.63, 3.8) is 0 Å². The van der Waals surface area contributed by atoms with Crippen LogP contribution in [-0.4, -0.2) is 58.7 Å². The predicted molar refractivity (Wildman–Crippen MR) is 171 cm³/mol. The number of carbonyl (C=O) groups is 1. The lowest BCUT2D eigenvalue weighted by atomic mass is 9.95. The van der Waals surface area contributed by atoms with Crippen molar-refractivity contribution < 1.29 is 13.9 Å². The van der Waals surface area contributed by atoms with Crippen LogP contribution in [0.4, 0.5) is 21.6 Å². The Labute approximate surface area is 256 Å². The van der Waals surface area contributed by atoms with Crippen molar-refractivity contribution in [1.82, 2.24) is 19.0 Å². The Balaban J connectivity index is 1.31. The molecule has 44 heavy (non-hydrogen) atoms. The van der Waals surface area contributed by atoms with Crippen LogP contribution in [0.25, 0.3) is 11.1 Å². The smallest absolute Gasteiger partial charge is 0.274 e. The first-order valence-corrected chi connectivity index (χ1v) is 15.3. The topological polar surface area (TPSA) is 84.6 Å². The largest absolute Gasteiger partial charge is 0.491 e. The van der Waals surface area contributed by atoms with Gasteiger partial charge in [-0.2, -0.15) is 0 Å². The van der Waals surface area contributed by atoms with Crippen LogP contribution in [-0.2, 0) is 32.9 Å². The SMILES string of the molecule is CCc1c(-c2cc(Nc3ccc(OCCN(C)C)cn3)c(=O)n(C)c2)cc(F)cc1N1CCn2c(cc3c2CCCC3)C1=O. The number of amides is 1. The van der Waals surface area contributed by atoms with Crippen LogP contribution in [0, 0.1) is 5.82 Å². The Bertz CT molecular complexity index is 1760. The molecule has 4 aromatic rings. The minimum Gasteiger partial charge on any atom is -0.491 e. The second-order valence-corrected chi connectivity index (χ2v) is 11.8. The van der Waals surface area contributed by atoms with E-state index in [2.05, 4.69) is 14.9 Å². The van der Waals surface area contributed by atoms with E-state index in [1.54, 1.807) is 42.5 Å². The Hall–Kier alpha value is -4.44. The zero-order chi connectivity index (χ0) is 31.0. The quantitative estimate of drug-likeness (QED) is 0.286. The van der Waals surface area contributed by atoms with Gasteiger partial charge >= 0.3 is 0 Å². The lowest BCUT2D eigenvalue weighted by molar-refractivity contribution is 0.0964. The molecule has 0 unspecified atom stereocenters. The number of carbonyl (C=O) groups excluding carboxylic acids is 1. The van der Waals surface area contributed by atoms with E-state index in [0.29, 0.717) is 65.9 Å². The highest BCUT2D eigenvalue weighted by molar-refractivity contribution is 6.07. The van der Waals surface area contributed by atoms with E-state index in [9.17, 15) is 9.59 Å². The summed E-state index contributed by atoms with van der Waals surface area (Å²) in [5, 5.41) is 3.13. The van der Waals surface area contributed by atoms with Gasteiger partial charge in [0.25, 0.3) is 11.5 Å². The van der Waals surface area contributed by atoms with Crippen LogP contribution in [0.3, 0.4) is 0 Å². The third-order valence-corrected chi connectivity index (χ3v) is 8.56. The molecule has 0 saturated heterocycles. The Morgan fingerprint density at radius 3 is 2.64 bits per heavy atom. The van der Waals surface area contributed by atoms with Gasteiger partial charge in [0.15, 0.2) is 0 Å². The summed E-state index contributed by atoms with van der Waals surface area (Å²) in [7, 11) is 5.63. The molecule has 1 N–H and O–H groups in total. The molecule has 0 radical (unpaired) electrons. The zero-order valence-corrected chi connectivity index (χ0v) is 25.8. The van der Waals surface area contributed by atoms with Crippen LogP contribution in [0.15, 0.2) is 53.6 Å². The van der Waals surface area contributed by atoms with E-state index >= 15 is 4.39 Å². The van der Waals surface area contributed by atoms with E-state index in [4.69, 9.17) is 4.74 Å². The summed E-state index contributed by atoms with van der Waals surface area (Å²) >= 11 is 0. The summed E-state index contributed by atoms with van der Waals surface area (Å²) in [4.78, 5) is 35.1. The number of aromatic nitrogens is 3. The van der Waals surface area contributed by atoms with Crippen molar-refractivity contribution in [3.8, 4) is 16.9 Å². The number of benzene rings is 1. The molecule has 1 aromatic carbocycles. The number of nitrogens with zero attached hydrogens (tertiary/aromatic N) is 5. The number of pyridine rings is 2. The van der Waals surface area contributed by atoms with E-state index in [1.165, 1.54) is 28.0 Å². The fourth-order valence-corrected chi connectivity index (χ4v) is 6.33. The Kier molecular flexibility index (Phi) is 8.27. The number of ether oxygens (including phenoxy) is 1. The van der Waals surface area contributed by atoms with Gasteiger partial charge in [-0.1, -0.05) is 6.92 Å². The third-order valence-electron chi connectivity index (χ3n) is 8.56. The summed E-state index contributed by atoms with van der Waals surface area (Å²) in [6.07, 6.45) is 8.19. The third kappa shape index (κ3) is 5.74. The maximum Gasteiger partial charge on any atom is 0.274 e. The molecular weight excluding hydrogens is 559 g/mol. The number of halogens is 1. The minimum absolute atomic E-state index is 0.0973. The molecule has 0 fully saturated rings. The molecule has 10 heteroatoms. The first-order valence-electron chi connectivity index (χ1n) is 15.3. The predicted octanol–water partition coefficient (Wildman–Crippen LogP) is 5.17. The van der Waals surface area contributed by atoms with Crippen molar-refractivity contribution in [3.05, 3.63) is 87.5 Å². The van der Waals surface area contributed by atoms with Crippen LogP contribution in [0.2, 0.25) is 0 Å². The highest BCUT2D eigenvalue weighted by Gasteiger charge is 2.32. The van der Waals surface area contributed by atoms with Gasteiger partial charge in [0, 0.05) is 44.1 Å². The monoisotopic (exact) mass is 598 g/mol. The number of hydrogen-bond donors (Lipinski definition) is 1. The highest BCUT2D eigenvalue weighted by atomic mass is 19.1. The molecule has 3 aromatic heterocycles. The van der Waals surface area contributed by atoms with Gasteiger partial charge in [0.1, 0.15) is 35.4 Å². The first kappa shape index (κ1) is 29.6. The summed E-state index contributed by atoms with van der Waals surface area (Å²) in [5.41, 5.74) is 6.04. The second kappa shape index (κ2) is 12.3. The number of anilines is 3. The molecule has 0 saturated carbocycles. The zero-order valence-electron chi connectivity index (χ0n) is 25.8. The van der Waals surface area contributed by atoms with Gasteiger partial charge in [-0.3, -0.25) is 9.59 Å².